The van der Waals surface area contributed by atoms with Crippen molar-refractivity contribution in [3.8, 4) is 0 Å². The zero-order valence-electron chi connectivity index (χ0n) is 15.0. The molecule has 3 aromatic rings. The second kappa shape index (κ2) is 6.75. The van der Waals surface area contributed by atoms with Gasteiger partial charge in [-0.1, -0.05) is 17.7 Å². The fraction of sp³-hybridized carbons (Fsp3) is 0.263. The SMILES string of the molecule is C[N+](c1ccc2ccc3ncc(Cl)cc3c(=O)c2c1)([C@@H]1CCOC1)S(=O)(=O)O. The lowest BCUT2D eigenvalue weighted by atomic mass is 10.1. The summed E-state index contributed by atoms with van der Waals surface area (Å²) in [4.78, 5) is 17.3. The summed E-state index contributed by atoms with van der Waals surface area (Å²) in [5, 5.41) is 1.63. The van der Waals surface area contributed by atoms with Gasteiger partial charge in [0.2, 0.25) is 0 Å². The monoisotopic (exact) mass is 421 g/mol. The van der Waals surface area contributed by atoms with Gasteiger partial charge in [0.25, 0.3) is 0 Å². The Morgan fingerprint density at radius 2 is 1.96 bits per heavy atom. The highest BCUT2D eigenvalue weighted by Gasteiger charge is 2.48. The third-order valence-corrected chi connectivity index (χ3v) is 7.10. The van der Waals surface area contributed by atoms with E-state index in [2.05, 4.69) is 4.98 Å². The first-order chi connectivity index (χ1) is 13.2. The molecule has 1 saturated heterocycles. The van der Waals surface area contributed by atoms with E-state index >= 15 is 0 Å². The van der Waals surface area contributed by atoms with Crippen molar-refractivity contribution < 1.29 is 17.7 Å². The van der Waals surface area contributed by atoms with Crippen LogP contribution in [0.5, 0.6) is 0 Å². The molecule has 0 radical (unpaired) electrons. The van der Waals surface area contributed by atoms with E-state index in [1.165, 1.54) is 19.3 Å². The van der Waals surface area contributed by atoms with Gasteiger partial charge >= 0.3 is 10.3 Å². The van der Waals surface area contributed by atoms with Crippen LogP contribution in [-0.4, -0.2) is 44.3 Å². The zero-order chi connectivity index (χ0) is 20.1. The van der Waals surface area contributed by atoms with E-state index in [9.17, 15) is 17.8 Å². The van der Waals surface area contributed by atoms with Crippen LogP contribution in [0.4, 0.5) is 5.69 Å². The number of aromatic nitrogens is 1. The number of halogens is 1. The number of rotatable bonds is 3. The third kappa shape index (κ3) is 2.98. The van der Waals surface area contributed by atoms with E-state index in [-0.39, 0.29) is 17.7 Å². The number of quaternary nitrogens is 1. The number of hydrogen-bond acceptors (Lipinski definition) is 5. The van der Waals surface area contributed by atoms with Crippen LogP contribution in [0.15, 0.2) is 47.4 Å². The van der Waals surface area contributed by atoms with E-state index in [4.69, 9.17) is 16.3 Å². The van der Waals surface area contributed by atoms with Crippen molar-refractivity contribution in [2.24, 2.45) is 0 Å². The number of fused-ring (bicyclic) bond motifs is 2. The first-order valence-electron chi connectivity index (χ1n) is 8.66. The molecular formula is C19H18ClN2O5S+. The van der Waals surface area contributed by atoms with Crippen molar-refractivity contribution in [3.63, 3.8) is 0 Å². The molecule has 1 aliphatic rings. The van der Waals surface area contributed by atoms with Gasteiger partial charge in [0.15, 0.2) is 11.1 Å². The van der Waals surface area contributed by atoms with Crippen molar-refractivity contribution in [3.05, 3.63) is 57.8 Å². The van der Waals surface area contributed by atoms with E-state index in [1.807, 2.05) is 0 Å². The maximum absolute atomic E-state index is 13.1. The van der Waals surface area contributed by atoms with Crippen LogP contribution < -0.4 is 9.32 Å². The van der Waals surface area contributed by atoms with Crippen molar-refractivity contribution in [1.29, 1.82) is 0 Å². The van der Waals surface area contributed by atoms with Crippen LogP contribution >= 0.6 is 11.6 Å². The average Bonchev–Trinajstić information content (AvgIpc) is 3.15. The van der Waals surface area contributed by atoms with Gasteiger partial charge in [-0.2, -0.15) is 3.89 Å². The topological polar surface area (TPSA) is 93.6 Å². The lowest BCUT2D eigenvalue weighted by Gasteiger charge is -2.34. The fourth-order valence-corrected chi connectivity index (χ4v) is 4.76. The van der Waals surface area contributed by atoms with E-state index in [0.29, 0.717) is 39.7 Å². The predicted molar refractivity (Wildman–Crippen MR) is 109 cm³/mol. The van der Waals surface area contributed by atoms with Gasteiger partial charge in [-0.05, 0) is 23.6 Å². The quantitative estimate of drug-likeness (QED) is 0.516. The van der Waals surface area contributed by atoms with Gasteiger partial charge in [-0.15, -0.1) is 8.42 Å². The summed E-state index contributed by atoms with van der Waals surface area (Å²) >= 11 is 6.00. The van der Waals surface area contributed by atoms with E-state index < -0.39 is 20.2 Å². The van der Waals surface area contributed by atoms with Gasteiger partial charge < -0.3 is 4.74 Å². The standard InChI is InChI=1S/C19H17ClN2O5S/c1-22(28(24,25)26,15-6-7-27-11-15)14-4-2-12-3-5-18-17(8-13(20)10-21-18)19(23)16(12)9-14/h2-5,8-10,15H,6-7,11H2,1H3/p+1/t15-,22?/m1/s1. The van der Waals surface area contributed by atoms with Gasteiger partial charge in [-0.25, -0.2) is 4.55 Å². The second-order valence-electron chi connectivity index (χ2n) is 6.98. The maximum Gasteiger partial charge on any atom is 0.437 e. The smallest absolute Gasteiger partial charge is 0.375 e. The molecule has 1 aromatic heterocycles. The molecule has 9 heteroatoms. The number of ether oxygens (including phenoxy) is 1. The molecule has 28 heavy (non-hydrogen) atoms. The Morgan fingerprint density at radius 3 is 2.64 bits per heavy atom. The Balaban J connectivity index is 2.04. The summed E-state index contributed by atoms with van der Waals surface area (Å²) in [6.07, 6.45) is 1.94. The summed E-state index contributed by atoms with van der Waals surface area (Å²) in [5.41, 5.74) is 0.469. The van der Waals surface area contributed by atoms with Crippen LogP contribution in [0.3, 0.4) is 0 Å². The minimum atomic E-state index is -4.53. The summed E-state index contributed by atoms with van der Waals surface area (Å²) in [7, 11) is -3.11. The molecule has 7 nitrogen and oxygen atoms in total. The van der Waals surface area contributed by atoms with Gasteiger partial charge in [0, 0.05) is 35.5 Å². The van der Waals surface area contributed by atoms with Gasteiger partial charge in [0.1, 0.15) is 12.6 Å². The zero-order valence-corrected chi connectivity index (χ0v) is 16.6. The lowest BCUT2D eigenvalue weighted by molar-refractivity contribution is 0.179. The van der Waals surface area contributed by atoms with Crippen molar-refractivity contribution >= 4 is 49.3 Å². The van der Waals surface area contributed by atoms with Gasteiger partial charge in [0.05, 0.1) is 24.2 Å². The molecule has 0 spiro atoms. The highest BCUT2D eigenvalue weighted by Crippen LogP contribution is 2.33. The predicted octanol–water partition coefficient (Wildman–Crippen LogP) is 2.93. The molecule has 1 fully saturated rings. The molecule has 0 saturated carbocycles. The van der Waals surface area contributed by atoms with Crippen molar-refractivity contribution in [1.82, 2.24) is 8.87 Å². The molecule has 0 bridgehead atoms. The maximum atomic E-state index is 13.1. The summed E-state index contributed by atoms with van der Waals surface area (Å²) < 4.78 is 39.3. The molecule has 2 heterocycles. The van der Waals surface area contributed by atoms with Crippen LogP contribution in [0, 0.1) is 0 Å². The van der Waals surface area contributed by atoms with Crippen LogP contribution in [0.1, 0.15) is 6.42 Å². The largest absolute Gasteiger partial charge is 0.437 e. The highest BCUT2D eigenvalue weighted by molar-refractivity contribution is 7.85. The number of nitrogens with zero attached hydrogens (tertiary/aromatic N) is 2. The Hall–Kier alpha value is -2.10. The molecule has 1 aliphatic heterocycles. The first-order valence-corrected chi connectivity index (χ1v) is 10.4. The molecule has 4 rings (SSSR count). The second-order valence-corrected chi connectivity index (χ2v) is 9.07. The Morgan fingerprint density at radius 1 is 1.21 bits per heavy atom. The molecular weight excluding hydrogens is 404 g/mol. The lowest BCUT2D eigenvalue weighted by Crippen LogP contribution is -2.57. The van der Waals surface area contributed by atoms with Crippen LogP contribution in [-0.2, 0) is 15.0 Å². The molecule has 146 valence electrons. The number of benzene rings is 1. The minimum absolute atomic E-state index is 0.198. The molecule has 1 N–H and O–H groups in total. The first kappa shape index (κ1) is 19.2. The Bertz CT molecular complexity index is 1260. The number of pyridine rings is 1. The summed E-state index contributed by atoms with van der Waals surface area (Å²) in [5.74, 6) is 0. The molecule has 0 amide bonds. The van der Waals surface area contributed by atoms with Crippen molar-refractivity contribution in [2.45, 2.75) is 12.5 Å². The normalized spacial score (nSPS) is 19.8. The Labute approximate surface area is 166 Å². The van der Waals surface area contributed by atoms with Gasteiger partial charge in [-0.3, -0.25) is 9.78 Å². The van der Waals surface area contributed by atoms with E-state index in [1.54, 1.807) is 30.3 Å². The fourth-order valence-electron chi connectivity index (χ4n) is 3.68. The van der Waals surface area contributed by atoms with E-state index in [0.717, 1.165) is 0 Å². The summed E-state index contributed by atoms with van der Waals surface area (Å²) in [6, 6.07) is 9.33. The molecule has 0 aliphatic carbocycles. The average molecular weight is 422 g/mol. The number of hydrogen-bond donors (Lipinski definition) is 1. The summed E-state index contributed by atoms with van der Waals surface area (Å²) in [6.45, 7) is 0.613. The van der Waals surface area contributed by atoms with Crippen LogP contribution in [0.2, 0.25) is 5.02 Å². The molecule has 1 unspecified atom stereocenters. The number of likely N-dealkylation sites (N-methyl/N-ethyl adjacent to an activating group) is 1. The van der Waals surface area contributed by atoms with Crippen LogP contribution in [0.25, 0.3) is 21.7 Å². The minimum Gasteiger partial charge on any atom is -0.375 e. The Kier molecular flexibility index (Phi) is 4.64. The van der Waals surface area contributed by atoms with Crippen molar-refractivity contribution in [2.75, 3.05) is 20.3 Å². The molecule has 2 atom stereocenters. The third-order valence-electron chi connectivity index (χ3n) is 5.43. The molecule has 2 aromatic carbocycles. The highest BCUT2D eigenvalue weighted by atomic mass is 35.5.